The highest BCUT2D eigenvalue weighted by atomic mass is 14.9. The van der Waals surface area contributed by atoms with Gasteiger partial charge in [-0.3, -0.25) is 4.99 Å². The van der Waals surface area contributed by atoms with E-state index in [2.05, 4.69) is 46.8 Å². The smallest absolute Gasteiger partial charge is 0.0796 e. The lowest BCUT2D eigenvalue weighted by molar-refractivity contribution is 0.525. The summed E-state index contributed by atoms with van der Waals surface area (Å²) in [6.45, 7) is 11.1. The number of para-hydroxylation sites is 1. The van der Waals surface area contributed by atoms with Crippen molar-refractivity contribution in [3.8, 4) is 0 Å². The van der Waals surface area contributed by atoms with E-state index in [0.29, 0.717) is 0 Å². The van der Waals surface area contributed by atoms with Crippen LogP contribution in [0.1, 0.15) is 47.5 Å². The Kier molecular flexibility index (Phi) is 4.40. The monoisotopic (exact) mass is 318 g/mol. The maximum atomic E-state index is 5.15. The van der Waals surface area contributed by atoms with Crippen molar-refractivity contribution in [1.82, 2.24) is 0 Å². The minimum absolute atomic E-state index is 0.0842. The molecule has 0 bridgehead atoms. The van der Waals surface area contributed by atoms with Crippen LogP contribution >= 0.6 is 0 Å². The number of nitrogens with zero attached hydrogens (tertiary/aromatic N) is 2. The maximum absolute atomic E-state index is 5.15. The fraction of sp³-hybridized carbons (Fsp3) is 0.364. The van der Waals surface area contributed by atoms with Gasteiger partial charge in [-0.05, 0) is 74.6 Å². The summed E-state index contributed by atoms with van der Waals surface area (Å²) >= 11 is 0. The molecule has 0 aromatic heterocycles. The largest absolute Gasteiger partial charge is 0.274 e. The van der Waals surface area contributed by atoms with Crippen LogP contribution < -0.4 is 0 Å². The van der Waals surface area contributed by atoms with Crippen molar-refractivity contribution in [3.63, 3.8) is 0 Å². The Morgan fingerprint density at radius 3 is 2.38 bits per heavy atom. The summed E-state index contributed by atoms with van der Waals surface area (Å²) in [6, 6.07) is 10.1. The molecule has 124 valence electrons. The summed E-state index contributed by atoms with van der Waals surface area (Å²) in [4.78, 5) is 9.96. The van der Waals surface area contributed by atoms with E-state index < -0.39 is 0 Å². The van der Waals surface area contributed by atoms with Crippen LogP contribution in [0.5, 0.6) is 0 Å². The summed E-state index contributed by atoms with van der Waals surface area (Å²) in [5.41, 5.74) is 8.33. The molecule has 1 unspecified atom stereocenters. The number of hydrogen-bond donors (Lipinski definition) is 0. The molecule has 0 amide bonds. The molecule has 1 atom stereocenters. The van der Waals surface area contributed by atoms with Crippen molar-refractivity contribution in [2.75, 3.05) is 0 Å². The van der Waals surface area contributed by atoms with Crippen LogP contribution in [0.15, 0.2) is 74.8 Å². The van der Waals surface area contributed by atoms with Crippen LogP contribution in [0.3, 0.4) is 0 Å². The highest BCUT2D eigenvalue weighted by Crippen LogP contribution is 2.39. The molecule has 1 aromatic carbocycles. The zero-order valence-corrected chi connectivity index (χ0v) is 15.4. The normalized spacial score (nSPS) is 25.2. The number of dihydropyridines is 1. The number of fused-ring (bicyclic) bond motifs is 1. The zero-order valence-electron chi connectivity index (χ0n) is 15.4. The van der Waals surface area contributed by atoms with Crippen LogP contribution in [0, 0.1) is 0 Å². The van der Waals surface area contributed by atoms with Gasteiger partial charge in [0.15, 0.2) is 0 Å². The molecule has 0 radical (unpaired) electrons. The van der Waals surface area contributed by atoms with E-state index in [-0.39, 0.29) is 5.54 Å². The summed E-state index contributed by atoms with van der Waals surface area (Å²) in [5.74, 6) is 0. The third kappa shape index (κ3) is 2.82. The molecule has 1 aliphatic carbocycles. The second-order valence-electron chi connectivity index (χ2n) is 6.79. The highest BCUT2D eigenvalue weighted by molar-refractivity contribution is 6.26. The van der Waals surface area contributed by atoms with E-state index in [4.69, 9.17) is 9.98 Å². The van der Waals surface area contributed by atoms with Crippen molar-refractivity contribution < 1.29 is 0 Å². The average Bonchev–Trinajstić information content (AvgIpc) is 2.61. The Bertz CT molecular complexity index is 804. The quantitative estimate of drug-likeness (QED) is 0.611. The summed E-state index contributed by atoms with van der Waals surface area (Å²) < 4.78 is 0. The Labute approximate surface area is 145 Å². The van der Waals surface area contributed by atoms with Gasteiger partial charge in [0, 0.05) is 5.57 Å². The molecular formula is C22H26N2. The fourth-order valence-corrected chi connectivity index (χ4v) is 3.36. The van der Waals surface area contributed by atoms with Crippen LogP contribution in [0.2, 0.25) is 0 Å². The van der Waals surface area contributed by atoms with E-state index in [1.807, 2.05) is 30.3 Å². The Morgan fingerprint density at radius 1 is 1.04 bits per heavy atom. The van der Waals surface area contributed by atoms with E-state index in [1.54, 1.807) is 0 Å². The van der Waals surface area contributed by atoms with Gasteiger partial charge in [-0.25, -0.2) is 4.99 Å². The molecule has 2 nitrogen and oxygen atoms in total. The average molecular weight is 318 g/mol. The molecule has 0 saturated carbocycles. The third-order valence-corrected chi connectivity index (χ3v) is 5.39. The van der Waals surface area contributed by atoms with Crippen LogP contribution in [0.25, 0.3) is 0 Å². The zero-order chi connectivity index (χ0) is 17.3. The fourth-order valence-electron chi connectivity index (χ4n) is 3.36. The molecule has 0 saturated heterocycles. The number of aliphatic imine (C=N–C) groups is 2. The minimum Gasteiger partial charge on any atom is -0.274 e. The first-order chi connectivity index (χ1) is 11.5. The Hall–Kier alpha value is -2.22. The topological polar surface area (TPSA) is 24.7 Å². The van der Waals surface area contributed by atoms with E-state index in [0.717, 1.165) is 30.0 Å². The van der Waals surface area contributed by atoms with Gasteiger partial charge in [0.25, 0.3) is 0 Å². The molecule has 2 heteroatoms. The lowest BCUT2D eigenvalue weighted by Crippen LogP contribution is -2.32. The van der Waals surface area contributed by atoms with Gasteiger partial charge in [0.1, 0.15) is 0 Å². The summed E-state index contributed by atoms with van der Waals surface area (Å²) in [6.07, 6.45) is 6.38. The number of benzene rings is 1. The first-order valence-electron chi connectivity index (χ1n) is 8.83. The number of hydrogen-bond acceptors (Lipinski definition) is 2. The van der Waals surface area contributed by atoms with E-state index >= 15 is 0 Å². The van der Waals surface area contributed by atoms with Crippen LogP contribution in [0.4, 0.5) is 5.69 Å². The second-order valence-corrected chi connectivity index (χ2v) is 6.79. The van der Waals surface area contributed by atoms with Crippen molar-refractivity contribution in [2.45, 2.75) is 53.0 Å². The number of allylic oxidation sites excluding steroid dienone is 5. The van der Waals surface area contributed by atoms with Crippen molar-refractivity contribution in [3.05, 3.63) is 64.8 Å². The molecule has 0 spiro atoms. The van der Waals surface area contributed by atoms with Gasteiger partial charge < -0.3 is 0 Å². The van der Waals surface area contributed by atoms with Crippen molar-refractivity contribution in [1.29, 1.82) is 0 Å². The molecular weight excluding hydrogens is 292 g/mol. The van der Waals surface area contributed by atoms with Crippen LogP contribution in [-0.4, -0.2) is 17.0 Å². The van der Waals surface area contributed by atoms with Gasteiger partial charge >= 0.3 is 0 Å². The second kappa shape index (κ2) is 6.35. The standard InChI is InChI=1S/C22H26N2/c1-6-17-13-19(23-18-11-9-8-10-12-18)14-20-15(3)16(4)22(5,7-2)24-21(17)20/h8-14H,6-7H2,1-5H3. The van der Waals surface area contributed by atoms with Crippen molar-refractivity contribution >= 4 is 17.1 Å². The molecule has 0 N–H and O–H groups in total. The molecule has 1 aliphatic heterocycles. The van der Waals surface area contributed by atoms with Gasteiger partial charge in [-0.2, -0.15) is 0 Å². The first-order valence-corrected chi connectivity index (χ1v) is 8.83. The predicted molar refractivity (Wildman–Crippen MR) is 104 cm³/mol. The van der Waals surface area contributed by atoms with Crippen LogP contribution in [-0.2, 0) is 0 Å². The minimum atomic E-state index is -0.0842. The third-order valence-electron chi connectivity index (χ3n) is 5.39. The summed E-state index contributed by atoms with van der Waals surface area (Å²) in [5, 5.41) is 0. The van der Waals surface area contributed by atoms with E-state index in [9.17, 15) is 0 Å². The lowest BCUT2D eigenvalue weighted by Gasteiger charge is -2.35. The van der Waals surface area contributed by atoms with Gasteiger partial charge in [0.2, 0.25) is 0 Å². The molecule has 1 aromatic rings. The molecule has 1 heterocycles. The predicted octanol–water partition coefficient (Wildman–Crippen LogP) is 6.00. The SMILES string of the molecule is CCC1=CC(=Nc2ccccc2)C=C2C1=NC(C)(CC)C(C)=C2C. The summed E-state index contributed by atoms with van der Waals surface area (Å²) in [7, 11) is 0. The Morgan fingerprint density at radius 2 is 1.75 bits per heavy atom. The maximum Gasteiger partial charge on any atom is 0.0796 e. The van der Waals surface area contributed by atoms with E-state index in [1.165, 1.54) is 22.3 Å². The first kappa shape index (κ1) is 16.6. The molecule has 0 fully saturated rings. The number of rotatable bonds is 3. The van der Waals surface area contributed by atoms with Gasteiger partial charge in [-0.15, -0.1) is 0 Å². The van der Waals surface area contributed by atoms with Crippen molar-refractivity contribution in [2.24, 2.45) is 9.98 Å². The molecule has 2 aliphatic rings. The molecule has 3 rings (SSSR count). The Balaban J connectivity index is 2.13. The van der Waals surface area contributed by atoms with Gasteiger partial charge in [-0.1, -0.05) is 32.0 Å². The molecule has 24 heavy (non-hydrogen) atoms. The van der Waals surface area contributed by atoms with Gasteiger partial charge in [0.05, 0.1) is 22.6 Å². The lowest BCUT2D eigenvalue weighted by atomic mass is 9.77. The highest BCUT2D eigenvalue weighted by Gasteiger charge is 2.33.